The number of anilines is 4. The third kappa shape index (κ3) is 5.43. The maximum Gasteiger partial charge on any atom is 0.245 e. The van der Waals surface area contributed by atoms with Crippen molar-refractivity contribution in [3.63, 3.8) is 0 Å². The Morgan fingerprint density at radius 1 is 0.895 bits per heavy atom. The van der Waals surface area contributed by atoms with Crippen LogP contribution in [0.5, 0.6) is 0 Å². The monoisotopic (exact) mass is 515 g/mol. The van der Waals surface area contributed by atoms with Gasteiger partial charge >= 0.3 is 0 Å². The molecule has 2 aliphatic rings. The van der Waals surface area contributed by atoms with Crippen LogP contribution in [0, 0.1) is 5.82 Å². The molecule has 3 N–H and O–H groups in total. The molecule has 6 rings (SSSR count). The highest BCUT2D eigenvalue weighted by molar-refractivity contribution is 5.67. The number of halogens is 1. The molecule has 0 bridgehead atoms. The molecule has 2 aliphatic heterocycles. The van der Waals surface area contributed by atoms with E-state index in [4.69, 9.17) is 0 Å². The summed E-state index contributed by atoms with van der Waals surface area (Å²) in [7, 11) is 0. The molecule has 10 nitrogen and oxygen atoms in total. The van der Waals surface area contributed by atoms with Crippen LogP contribution in [-0.2, 0) is 0 Å². The van der Waals surface area contributed by atoms with Crippen LogP contribution in [0.2, 0.25) is 0 Å². The van der Waals surface area contributed by atoms with Crippen molar-refractivity contribution in [1.82, 2.24) is 30.0 Å². The molecule has 0 spiro atoms. The highest BCUT2D eigenvalue weighted by Gasteiger charge is 2.19. The Kier molecular flexibility index (Phi) is 6.84. The van der Waals surface area contributed by atoms with Crippen LogP contribution in [-0.4, -0.2) is 75.2 Å². The Morgan fingerprint density at radius 2 is 1.68 bits per heavy atom. The summed E-state index contributed by atoms with van der Waals surface area (Å²) >= 11 is 0. The molecule has 2 saturated heterocycles. The van der Waals surface area contributed by atoms with Crippen LogP contribution < -0.4 is 20.4 Å². The molecule has 2 fully saturated rings. The summed E-state index contributed by atoms with van der Waals surface area (Å²) in [6.45, 7) is 5.05. The van der Waals surface area contributed by atoms with Crippen molar-refractivity contribution < 1.29 is 9.50 Å². The minimum Gasteiger partial charge on any atom is -0.393 e. The van der Waals surface area contributed by atoms with Crippen LogP contribution >= 0.6 is 0 Å². The van der Waals surface area contributed by atoms with Gasteiger partial charge in [-0.3, -0.25) is 0 Å². The normalized spacial score (nSPS) is 16.6. The van der Waals surface area contributed by atoms with Gasteiger partial charge in [-0.05, 0) is 61.4 Å². The highest BCUT2D eigenvalue weighted by atomic mass is 19.1. The number of rotatable bonds is 6. The first-order valence-electron chi connectivity index (χ1n) is 12.9. The average Bonchev–Trinajstić information content (AvgIpc) is 3.45. The molecule has 4 aromatic rings. The zero-order chi connectivity index (χ0) is 25.9. The lowest BCUT2D eigenvalue weighted by molar-refractivity contribution is 0.145. The average molecular weight is 516 g/mol. The summed E-state index contributed by atoms with van der Waals surface area (Å²) in [5, 5.41) is 21.0. The van der Waals surface area contributed by atoms with E-state index >= 15 is 0 Å². The SMILES string of the molecule is OC1CCN(c2cc(F)cc(-c3ccnc(Nc4ccc(-n5cnc(N6CCNCC6)n5)cc4)n3)c2)CC1. The van der Waals surface area contributed by atoms with Crippen molar-refractivity contribution in [3.8, 4) is 16.9 Å². The lowest BCUT2D eigenvalue weighted by Gasteiger charge is -2.31. The largest absolute Gasteiger partial charge is 0.393 e. The Labute approximate surface area is 220 Å². The van der Waals surface area contributed by atoms with E-state index in [-0.39, 0.29) is 11.9 Å². The van der Waals surface area contributed by atoms with Crippen molar-refractivity contribution in [3.05, 3.63) is 66.9 Å². The van der Waals surface area contributed by atoms with E-state index in [0.717, 1.165) is 49.2 Å². The lowest BCUT2D eigenvalue weighted by atomic mass is 10.1. The van der Waals surface area contributed by atoms with Gasteiger partial charge in [0.1, 0.15) is 12.1 Å². The predicted molar refractivity (Wildman–Crippen MR) is 145 cm³/mol. The van der Waals surface area contributed by atoms with Crippen molar-refractivity contribution in [2.45, 2.75) is 18.9 Å². The summed E-state index contributed by atoms with van der Waals surface area (Å²) in [4.78, 5) is 17.7. The number of aliphatic hydroxyl groups excluding tert-OH is 1. The van der Waals surface area contributed by atoms with E-state index < -0.39 is 0 Å². The quantitative estimate of drug-likeness (QED) is 0.357. The number of piperazine rings is 1. The van der Waals surface area contributed by atoms with E-state index in [1.807, 2.05) is 30.3 Å². The van der Waals surface area contributed by atoms with E-state index in [9.17, 15) is 9.50 Å². The van der Waals surface area contributed by atoms with Gasteiger partial charge in [-0.2, -0.15) is 4.98 Å². The van der Waals surface area contributed by atoms with Crippen molar-refractivity contribution in [1.29, 1.82) is 0 Å². The number of hydrogen-bond acceptors (Lipinski definition) is 9. The number of nitrogens with one attached hydrogen (secondary N) is 2. The van der Waals surface area contributed by atoms with Crippen molar-refractivity contribution in [2.75, 3.05) is 54.4 Å². The summed E-state index contributed by atoms with van der Waals surface area (Å²) in [5.74, 6) is 0.835. The number of benzene rings is 2. The number of aromatic nitrogens is 5. The number of hydrogen-bond donors (Lipinski definition) is 3. The molecule has 38 heavy (non-hydrogen) atoms. The Hall–Kier alpha value is -4.09. The second-order valence-electron chi connectivity index (χ2n) is 9.58. The van der Waals surface area contributed by atoms with Gasteiger partial charge in [0.05, 0.1) is 17.5 Å². The van der Waals surface area contributed by atoms with Crippen LogP contribution in [0.4, 0.5) is 27.7 Å². The van der Waals surface area contributed by atoms with E-state index in [1.165, 1.54) is 12.1 Å². The third-order valence-corrected chi connectivity index (χ3v) is 6.93. The fraction of sp³-hybridized carbons (Fsp3) is 0.333. The number of aliphatic hydroxyl groups is 1. The molecule has 0 amide bonds. The molecule has 196 valence electrons. The number of piperidine rings is 1. The lowest BCUT2D eigenvalue weighted by Crippen LogP contribution is -2.44. The van der Waals surface area contributed by atoms with Crippen LogP contribution in [0.3, 0.4) is 0 Å². The van der Waals surface area contributed by atoms with E-state index in [2.05, 4.69) is 40.5 Å². The second kappa shape index (κ2) is 10.7. The minimum absolute atomic E-state index is 0.283. The van der Waals surface area contributed by atoms with Crippen LogP contribution in [0.1, 0.15) is 12.8 Å². The van der Waals surface area contributed by atoms with Gasteiger partial charge in [0.2, 0.25) is 11.9 Å². The molecule has 2 aromatic carbocycles. The van der Waals surface area contributed by atoms with Gasteiger partial charge in [-0.15, -0.1) is 5.10 Å². The molecule has 0 radical (unpaired) electrons. The molecule has 2 aromatic heterocycles. The fourth-order valence-electron chi connectivity index (χ4n) is 4.82. The Bertz CT molecular complexity index is 1380. The zero-order valence-electron chi connectivity index (χ0n) is 21.0. The van der Waals surface area contributed by atoms with Gasteiger partial charge < -0.3 is 25.5 Å². The molecule has 11 heteroatoms. The zero-order valence-corrected chi connectivity index (χ0v) is 21.0. The summed E-state index contributed by atoms with van der Waals surface area (Å²) < 4.78 is 16.3. The Balaban J connectivity index is 1.16. The molecular formula is C27H30FN9O. The van der Waals surface area contributed by atoms with E-state index in [0.29, 0.717) is 43.1 Å². The summed E-state index contributed by atoms with van der Waals surface area (Å²) in [6, 6.07) is 14.5. The van der Waals surface area contributed by atoms with Crippen LogP contribution in [0.25, 0.3) is 16.9 Å². The first kappa shape index (κ1) is 24.3. The fourth-order valence-corrected chi connectivity index (χ4v) is 4.82. The third-order valence-electron chi connectivity index (χ3n) is 6.93. The number of nitrogens with zero attached hydrogens (tertiary/aromatic N) is 7. The molecule has 0 aliphatic carbocycles. The Morgan fingerprint density at radius 3 is 2.47 bits per heavy atom. The van der Waals surface area contributed by atoms with Crippen LogP contribution in [0.15, 0.2) is 61.1 Å². The van der Waals surface area contributed by atoms with Gasteiger partial charge in [-0.25, -0.2) is 19.0 Å². The molecule has 0 saturated carbocycles. The summed E-state index contributed by atoms with van der Waals surface area (Å²) in [6.07, 6.45) is 4.47. The van der Waals surface area contributed by atoms with Crippen molar-refractivity contribution >= 4 is 23.3 Å². The van der Waals surface area contributed by atoms with E-state index in [1.54, 1.807) is 23.3 Å². The maximum atomic E-state index is 14.5. The van der Waals surface area contributed by atoms with Crippen molar-refractivity contribution in [2.24, 2.45) is 0 Å². The predicted octanol–water partition coefficient (Wildman–Crippen LogP) is 2.98. The highest BCUT2D eigenvalue weighted by Crippen LogP contribution is 2.28. The topological polar surface area (TPSA) is 107 Å². The smallest absolute Gasteiger partial charge is 0.245 e. The minimum atomic E-state index is -0.319. The van der Waals surface area contributed by atoms with Gasteiger partial charge in [0.25, 0.3) is 0 Å². The van der Waals surface area contributed by atoms with Gasteiger partial charge in [0, 0.05) is 62.4 Å². The van der Waals surface area contributed by atoms with Gasteiger partial charge in [-0.1, -0.05) is 0 Å². The second-order valence-corrected chi connectivity index (χ2v) is 9.58. The van der Waals surface area contributed by atoms with Gasteiger partial charge in [0.15, 0.2) is 0 Å². The molecular weight excluding hydrogens is 485 g/mol. The first-order chi connectivity index (χ1) is 18.6. The summed E-state index contributed by atoms with van der Waals surface area (Å²) in [5.41, 5.74) is 3.82. The molecule has 0 atom stereocenters. The maximum absolute atomic E-state index is 14.5. The molecule has 0 unspecified atom stereocenters. The standard InChI is InChI=1S/C27H30FN9O/c28-20-15-19(16-23(17-20)35-11-6-24(38)7-12-35)25-5-8-30-26(33-25)32-21-1-3-22(4-2-21)37-18-31-27(34-37)36-13-9-29-10-14-36/h1-5,8,15-18,24,29,38H,6-7,9-14H2,(H,30,32,33). The first-order valence-corrected chi connectivity index (χ1v) is 12.9. The molecule has 4 heterocycles.